The zero-order chi connectivity index (χ0) is 10.3. The van der Waals surface area contributed by atoms with Gasteiger partial charge in [-0.3, -0.25) is 4.79 Å². The summed E-state index contributed by atoms with van der Waals surface area (Å²) in [5.41, 5.74) is 5.35. The van der Waals surface area contributed by atoms with Gasteiger partial charge < -0.3 is 15.2 Å². The van der Waals surface area contributed by atoms with Gasteiger partial charge in [-0.15, -0.1) is 0 Å². The third-order valence-electron chi connectivity index (χ3n) is 1.25. The molecule has 0 aromatic heterocycles. The molecular formula is C9H17NO3. The molecule has 2 N–H and O–H groups in total. The Bertz CT molecular complexity index is 187. The van der Waals surface area contributed by atoms with Crippen LogP contribution >= 0.6 is 0 Å². The Labute approximate surface area is 78.7 Å². The van der Waals surface area contributed by atoms with Gasteiger partial charge in [0.25, 0.3) is 0 Å². The van der Waals surface area contributed by atoms with Crippen molar-refractivity contribution >= 4 is 5.91 Å². The summed E-state index contributed by atoms with van der Waals surface area (Å²) in [6.45, 7) is 6.48. The van der Waals surface area contributed by atoms with Gasteiger partial charge >= 0.3 is 0 Å². The molecule has 4 nitrogen and oxygen atoms in total. The number of nitrogens with two attached hydrogens (primary N) is 1. The van der Waals surface area contributed by atoms with Crippen LogP contribution in [0.15, 0.2) is 11.8 Å². The highest BCUT2D eigenvalue weighted by atomic mass is 16.7. The SMILES string of the molecule is C/C(=C\OCOCC(C)C)C(N)=O. The van der Waals surface area contributed by atoms with Crippen molar-refractivity contribution in [2.24, 2.45) is 11.7 Å². The Kier molecular flexibility index (Phi) is 5.97. The Morgan fingerprint density at radius 3 is 2.62 bits per heavy atom. The second-order valence-corrected chi connectivity index (χ2v) is 3.21. The van der Waals surface area contributed by atoms with Crippen molar-refractivity contribution in [2.75, 3.05) is 13.4 Å². The summed E-state index contributed by atoms with van der Waals surface area (Å²) in [7, 11) is 0. The van der Waals surface area contributed by atoms with Crippen LogP contribution in [0, 0.1) is 5.92 Å². The molecule has 0 bridgehead atoms. The number of hydrogen-bond donors (Lipinski definition) is 1. The number of carbonyl (C=O) groups excluding carboxylic acids is 1. The van der Waals surface area contributed by atoms with Crippen molar-refractivity contribution in [3.05, 3.63) is 11.8 Å². The van der Waals surface area contributed by atoms with Gasteiger partial charge in [0, 0.05) is 5.57 Å². The minimum absolute atomic E-state index is 0.156. The third kappa shape index (κ3) is 7.33. The molecule has 0 fully saturated rings. The average molecular weight is 187 g/mol. The first kappa shape index (κ1) is 12.0. The van der Waals surface area contributed by atoms with Crippen LogP contribution in [0.4, 0.5) is 0 Å². The molecule has 0 aromatic carbocycles. The number of amides is 1. The van der Waals surface area contributed by atoms with Crippen LogP contribution in [0.5, 0.6) is 0 Å². The lowest BCUT2D eigenvalue weighted by molar-refractivity contribution is -0.114. The van der Waals surface area contributed by atoms with Gasteiger partial charge in [0.2, 0.25) is 5.91 Å². The molecule has 0 atom stereocenters. The molecule has 0 saturated heterocycles. The number of ether oxygens (including phenoxy) is 2. The van der Waals surface area contributed by atoms with E-state index in [1.807, 2.05) is 13.8 Å². The Morgan fingerprint density at radius 2 is 2.15 bits per heavy atom. The van der Waals surface area contributed by atoms with E-state index in [-0.39, 0.29) is 6.79 Å². The fourth-order valence-corrected chi connectivity index (χ4v) is 0.549. The molecule has 4 heteroatoms. The minimum atomic E-state index is -0.483. The van der Waals surface area contributed by atoms with Crippen LogP contribution in [0.1, 0.15) is 20.8 Å². The van der Waals surface area contributed by atoms with E-state index in [9.17, 15) is 4.79 Å². The summed E-state index contributed by atoms with van der Waals surface area (Å²) < 4.78 is 10.0. The van der Waals surface area contributed by atoms with Gasteiger partial charge in [-0.05, 0) is 12.8 Å². The number of carbonyl (C=O) groups is 1. The summed E-state index contributed by atoms with van der Waals surface area (Å²) in [6, 6.07) is 0. The van der Waals surface area contributed by atoms with E-state index in [4.69, 9.17) is 15.2 Å². The average Bonchev–Trinajstić information content (AvgIpc) is 2.02. The monoisotopic (exact) mass is 187 g/mol. The molecule has 76 valence electrons. The summed E-state index contributed by atoms with van der Waals surface area (Å²) in [5, 5.41) is 0. The predicted octanol–water partition coefficient (Wildman–Crippen LogP) is 1.02. The highest BCUT2D eigenvalue weighted by Crippen LogP contribution is 1.94. The molecule has 13 heavy (non-hydrogen) atoms. The molecule has 0 aromatic rings. The fraction of sp³-hybridized carbons (Fsp3) is 0.667. The standard InChI is InChI=1S/C9H17NO3/c1-7(2)4-12-6-13-5-8(3)9(10)11/h5,7H,4,6H2,1-3H3,(H2,10,11)/b8-5+. The molecule has 0 heterocycles. The molecule has 0 saturated carbocycles. The van der Waals surface area contributed by atoms with Gasteiger partial charge in [0.1, 0.15) is 0 Å². The molecule has 0 spiro atoms. The maximum absolute atomic E-state index is 10.5. The van der Waals surface area contributed by atoms with Crippen LogP contribution in [0.25, 0.3) is 0 Å². The van der Waals surface area contributed by atoms with E-state index in [1.165, 1.54) is 6.26 Å². The van der Waals surface area contributed by atoms with Crippen LogP contribution in [-0.4, -0.2) is 19.3 Å². The molecule has 0 rings (SSSR count). The predicted molar refractivity (Wildman–Crippen MR) is 49.7 cm³/mol. The van der Waals surface area contributed by atoms with Gasteiger partial charge in [-0.1, -0.05) is 13.8 Å². The molecule has 0 unspecified atom stereocenters. The largest absolute Gasteiger partial charge is 0.475 e. The zero-order valence-corrected chi connectivity index (χ0v) is 8.37. The highest BCUT2D eigenvalue weighted by molar-refractivity contribution is 5.90. The quantitative estimate of drug-likeness (QED) is 0.292. The van der Waals surface area contributed by atoms with Crippen LogP contribution < -0.4 is 5.73 Å². The van der Waals surface area contributed by atoms with Crippen LogP contribution in [0.3, 0.4) is 0 Å². The maximum Gasteiger partial charge on any atom is 0.247 e. The number of rotatable bonds is 6. The summed E-state index contributed by atoms with van der Waals surface area (Å²) in [4.78, 5) is 10.5. The number of primary amides is 1. The van der Waals surface area contributed by atoms with Gasteiger partial charge in [-0.25, -0.2) is 0 Å². The Hall–Kier alpha value is -1.03. The second kappa shape index (κ2) is 6.48. The van der Waals surface area contributed by atoms with E-state index in [1.54, 1.807) is 6.92 Å². The van der Waals surface area contributed by atoms with Crippen LogP contribution in [-0.2, 0) is 14.3 Å². The van der Waals surface area contributed by atoms with Crippen molar-refractivity contribution in [3.63, 3.8) is 0 Å². The maximum atomic E-state index is 10.5. The van der Waals surface area contributed by atoms with Gasteiger partial charge in [-0.2, -0.15) is 0 Å². The molecular weight excluding hydrogens is 170 g/mol. The van der Waals surface area contributed by atoms with Crippen molar-refractivity contribution in [1.29, 1.82) is 0 Å². The lowest BCUT2D eigenvalue weighted by Crippen LogP contribution is -2.12. The van der Waals surface area contributed by atoms with E-state index >= 15 is 0 Å². The molecule has 0 aliphatic heterocycles. The first-order chi connectivity index (χ1) is 6.04. The molecule has 1 amide bonds. The summed E-state index contributed by atoms with van der Waals surface area (Å²) in [5.74, 6) is -0.00586. The topological polar surface area (TPSA) is 61.6 Å². The third-order valence-corrected chi connectivity index (χ3v) is 1.25. The normalized spacial score (nSPS) is 11.8. The second-order valence-electron chi connectivity index (χ2n) is 3.21. The van der Waals surface area contributed by atoms with E-state index in [2.05, 4.69) is 0 Å². The van der Waals surface area contributed by atoms with E-state index in [0.29, 0.717) is 18.1 Å². The number of hydrogen-bond acceptors (Lipinski definition) is 3. The van der Waals surface area contributed by atoms with Crippen molar-refractivity contribution < 1.29 is 14.3 Å². The molecule has 0 aliphatic rings. The molecule has 0 aliphatic carbocycles. The lowest BCUT2D eigenvalue weighted by Gasteiger charge is -2.06. The van der Waals surface area contributed by atoms with Gasteiger partial charge in [0.15, 0.2) is 6.79 Å². The fourth-order valence-electron chi connectivity index (χ4n) is 0.549. The molecule has 0 radical (unpaired) electrons. The van der Waals surface area contributed by atoms with Crippen molar-refractivity contribution in [3.8, 4) is 0 Å². The zero-order valence-electron chi connectivity index (χ0n) is 8.37. The highest BCUT2D eigenvalue weighted by Gasteiger charge is 1.96. The van der Waals surface area contributed by atoms with Crippen LogP contribution in [0.2, 0.25) is 0 Å². The minimum Gasteiger partial charge on any atom is -0.475 e. The smallest absolute Gasteiger partial charge is 0.247 e. The first-order valence-corrected chi connectivity index (χ1v) is 4.20. The Balaban J connectivity index is 3.45. The van der Waals surface area contributed by atoms with E-state index in [0.717, 1.165) is 0 Å². The Morgan fingerprint density at radius 1 is 1.54 bits per heavy atom. The van der Waals surface area contributed by atoms with Crippen molar-refractivity contribution in [2.45, 2.75) is 20.8 Å². The van der Waals surface area contributed by atoms with Gasteiger partial charge in [0.05, 0.1) is 12.9 Å². The first-order valence-electron chi connectivity index (χ1n) is 4.20. The lowest BCUT2D eigenvalue weighted by atomic mass is 10.2. The van der Waals surface area contributed by atoms with E-state index < -0.39 is 5.91 Å². The summed E-state index contributed by atoms with van der Waals surface area (Å²) in [6.07, 6.45) is 1.31. The van der Waals surface area contributed by atoms with Crippen molar-refractivity contribution in [1.82, 2.24) is 0 Å². The summed E-state index contributed by atoms with van der Waals surface area (Å²) >= 11 is 0.